The van der Waals surface area contributed by atoms with Gasteiger partial charge in [0.1, 0.15) is 11.4 Å². The highest BCUT2D eigenvalue weighted by atomic mass is 19.4. The predicted octanol–water partition coefficient (Wildman–Crippen LogP) is 4.67. The minimum atomic E-state index is -4.89. The van der Waals surface area contributed by atoms with Crippen LogP contribution in [-0.4, -0.2) is 11.3 Å². The van der Waals surface area contributed by atoms with Crippen molar-refractivity contribution in [2.45, 2.75) is 12.5 Å². The molecule has 0 saturated carbocycles. The third-order valence-corrected chi connectivity index (χ3v) is 2.48. The molecule has 0 saturated heterocycles. The van der Waals surface area contributed by atoms with E-state index in [1.54, 1.807) is 0 Å². The van der Waals surface area contributed by atoms with Gasteiger partial charge in [0.05, 0.1) is 0 Å². The lowest BCUT2D eigenvalue weighted by atomic mass is 10.1. The zero-order chi connectivity index (χ0) is 15.7. The maximum atomic E-state index is 12.4. The van der Waals surface area contributed by atoms with Crippen molar-refractivity contribution < 1.29 is 31.1 Å². The zero-order valence-corrected chi connectivity index (χ0v) is 10.2. The summed E-state index contributed by atoms with van der Waals surface area (Å²) >= 11 is 0. The van der Waals surface area contributed by atoms with Crippen molar-refractivity contribution in [3.63, 3.8) is 0 Å². The number of hydrogen-bond acceptors (Lipinski definition) is 2. The molecule has 112 valence electrons. The number of alkyl halides is 6. The normalized spacial score (nSPS) is 12.3. The second-order valence-corrected chi connectivity index (χ2v) is 3.97. The minimum Gasteiger partial charge on any atom is -0.405 e. The topological polar surface area (TPSA) is 22.1 Å². The Bertz CT molecular complexity index is 618. The zero-order valence-electron chi connectivity index (χ0n) is 10.2. The number of pyridine rings is 1. The second kappa shape index (κ2) is 5.27. The maximum absolute atomic E-state index is 12.4. The Hall–Kier alpha value is -2.25. The van der Waals surface area contributed by atoms with Crippen molar-refractivity contribution in [1.29, 1.82) is 0 Å². The van der Waals surface area contributed by atoms with E-state index in [0.29, 0.717) is 6.07 Å². The largest absolute Gasteiger partial charge is 0.573 e. The van der Waals surface area contributed by atoms with Crippen LogP contribution < -0.4 is 4.74 Å². The van der Waals surface area contributed by atoms with Gasteiger partial charge in [-0.15, -0.1) is 13.2 Å². The summed E-state index contributed by atoms with van der Waals surface area (Å²) in [6.45, 7) is 0. The van der Waals surface area contributed by atoms with Crippen molar-refractivity contribution in [2.24, 2.45) is 0 Å². The molecular formula is C13H7F6NO. The first-order valence-electron chi connectivity index (χ1n) is 5.55. The highest BCUT2D eigenvalue weighted by Gasteiger charge is 2.33. The van der Waals surface area contributed by atoms with Crippen LogP contribution in [0.25, 0.3) is 11.1 Å². The first-order chi connectivity index (χ1) is 9.67. The highest BCUT2D eigenvalue weighted by Crippen LogP contribution is 2.34. The SMILES string of the molecule is FC(F)(F)Oc1ccccc1-c1ccc(C(F)(F)F)nc1. The summed E-state index contributed by atoms with van der Waals surface area (Å²) in [6, 6.07) is 6.86. The van der Waals surface area contributed by atoms with Crippen LogP contribution >= 0.6 is 0 Å². The average molecular weight is 307 g/mol. The summed E-state index contributed by atoms with van der Waals surface area (Å²) in [7, 11) is 0. The number of nitrogens with zero attached hydrogens (tertiary/aromatic N) is 1. The predicted molar refractivity (Wildman–Crippen MR) is 61.4 cm³/mol. The molecule has 2 rings (SSSR count). The third-order valence-electron chi connectivity index (χ3n) is 2.48. The van der Waals surface area contributed by atoms with E-state index >= 15 is 0 Å². The first kappa shape index (κ1) is 15.1. The fourth-order valence-electron chi connectivity index (χ4n) is 1.64. The molecular weight excluding hydrogens is 300 g/mol. The fraction of sp³-hybridized carbons (Fsp3) is 0.154. The number of rotatable bonds is 2. The smallest absolute Gasteiger partial charge is 0.405 e. The van der Waals surface area contributed by atoms with Crippen LogP contribution in [-0.2, 0) is 6.18 Å². The summed E-state index contributed by atoms with van der Waals surface area (Å²) in [5, 5.41) is 0. The molecule has 1 aromatic carbocycles. The van der Waals surface area contributed by atoms with E-state index in [1.807, 2.05) is 0 Å². The van der Waals surface area contributed by atoms with E-state index in [0.717, 1.165) is 18.3 Å². The number of hydrogen-bond donors (Lipinski definition) is 0. The van der Waals surface area contributed by atoms with Gasteiger partial charge in [-0.2, -0.15) is 13.2 Å². The molecule has 0 unspecified atom stereocenters. The number of ether oxygens (including phenoxy) is 1. The Balaban J connectivity index is 2.38. The minimum absolute atomic E-state index is 0.00366. The molecule has 0 fully saturated rings. The number of benzene rings is 1. The lowest BCUT2D eigenvalue weighted by molar-refractivity contribution is -0.274. The van der Waals surface area contributed by atoms with Crippen LogP contribution in [0.3, 0.4) is 0 Å². The van der Waals surface area contributed by atoms with Gasteiger partial charge in [-0.05, 0) is 12.1 Å². The monoisotopic (exact) mass is 307 g/mol. The third kappa shape index (κ3) is 3.87. The van der Waals surface area contributed by atoms with Crippen LogP contribution in [0.4, 0.5) is 26.3 Å². The van der Waals surface area contributed by atoms with Crippen LogP contribution in [0, 0.1) is 0 Å². The Morgan fingerprint density at radius 3 is 2.05 bits per heavy atom. The van der Waals surface area contributed by atoms with Crippen molar-refractivity contribution >= 4 is 0 Å². The maximum Gasteiger partial charge on any atom is 0.573 e. The standard InChI is InChI=1S/C13H7F6NO/c14-12(15,16)11-6-5-8(7-20-11)9-3-1-2-4-10(9)21-13(17,18)19/h1-7H. The molecule has 21 heavy (non-hydrogen) atoms. The molecule has 2 aromatic rings. The Morgan fingerprint density at radius 2 is 1.52 bits per heavy atom. The first-order valence-corrected chi connectivity index (χ1v) is 5.55. The molecule has 2 nitrogen and oxygen atoms in total. The van der Waals surface area contributed by atoms with Gasteiger partial charge in [0.25, 0.3) is 0 Å². The van der Waals surface area contributed by atoms with Crippen molar-refractivity contribution in [3.8, 4) is 16.9 Å². The van der Waals surface area contributed by atoms with Gasteiger partial charge in [-0.25, -0.2) is 0 Å². The number of halogens is 6. The lowest BCUT2D eigenvalue weighted by Gasteiger charge is -2.13. The van der Waals surface area contributed by atoms with E-state index in [4.69, 9.17) is 0 Å². The van der Waals surface area contributed by atoms with Crippen molar-refractivity contribution in [1.82, 2.24) is 4.98 Å². The summed E-state index contributed by atoms with van der Waals surface area (Å²) in [4.78, 5) is 3.20. The summed E-state index contributed by atoms with van der Waals surface area (Å²) in [5.41, 5.74) is -1.04. The molecule has 0 bridgehead atoms. The molecule has 8 heteroatoms. The number of para-hydroxylation sites is 1. The molecule has 0 aliphatic heterocycles. The van der Waals surface area contributed by atoms with Gasteiger partial charge >= 0.3 is 12.5 Å². The Labute approximate surface area is 115 Å². The molecule has 0 N–H and O–H groups in total. The molecule has 0 aliphatic rings. The molecule has 1 heterocycles. The molecule has 0 aliphatic carbocycles. The van der Waals surface area contributed by atoms with Crippen LogP contribution in [0.2, 0.25) is 0 Å². The van der Waals surface area contributed by atoms with E-state index in [-0.39, 0.29) is 11.1 Å². The van der Waals surface area contributed by atoms with Gasteiger partial charge < -0.3 is 4.74 Å². The average Bonchev–Trinajstić information content (AvgIpc) is 2.37. The van der Waals surface area contributed by atoms with Gasteiger partial charge in [0, 0.05) is 17.3 Å². The summed E-state index contributed by atoms with van der Waals surface area (Å²) in [5.74, 6) is -0.508. The molecule has 0 spiro atoms. The summed E-state index contributed by atoms with van der Waals surface area (Å²) < 4.78 is 77.8. The molecule has 0 amide bonds. The van der Waals surface area contributed by atoms with Crippen LogP contribution in [0.15, 0.2) is 42.6 Å². The number of aromatic nitrogens is 1. The van der Waals surface area contributed by atoms with Crippen LogP contribution in [0.1, 0.15) is 5.69 Å². The molecule has 0 radical (unpaired) electrons. The quantitative estimate of drug-likeness (QED) is 0.752. The van der Waals surface area contributed by atoms with E-state index in [2.05, 4.69) is 9.72 Å². The van der Waals surface area contributed by atoms with Crippen LogP contribution in [0.5, 0.6) is 5.75 Å². The Morgan fingerprint density at radius 1 is 0.857 bits per heavy atom. The van der Waals surface area contributed by atoms with E-state index in [1.165, 1.54) is 18.2 Å². The molecule has 0 atom stereocenters. The highest BCUT2D eigenvalue weighted by molar-refractivity contribution is 5.69. The molecule has 1 aromatic heterocycles. The van der Waals surface area contributed by atoms with Gasteiger partial charge in [0.15, 0.2) is 0 Å². The van der Waals surface area contributed by atoms with Gasteiger partial charge in [0.2, 0.25) is 0 Å². The fourth-order valence-corrected chi connectivity index (χ4v) is 1.64. The Kier molecular flexibility index (Phi) is 3.80. The lowest BCUT2D eigenvalue weighted by Crippen LogP contribution is -2.17. The summed E-state index contributed by atoms with van der Waals surface area (Å²) in [6.07, 6.45) is -8.66. The van der Waals surface area contributed by atoms with Gasteiger partial charge in [-0.3, -0.25) is 4.98 Å². The second-order valence-electron chi connectivity index (χ2n) is 3.97. The van der Waals surface area contributed by atoms with E-state index < -0.39 is 24.0 Å². The van der Waals surface area contributed by atoms with E-state index in [9.17, 15) is 26.3 Å². The van der Waals surface area contributed by atoms with Gasteiger partial charge in [-0.1, -0.05) is 24.3 Å². The van der Waals surface area contributed by atoms with Crippen molar-refractivity contribution in [3.05, 3.63) is 48.3 Å². The van der Waals surface area contributed by atoms with Crippen molar-refractivity contribution in [2.75, 3.05) is 0 Å².